The topological polar surface area (TPSA) is 0 Å². The van der Waals surface area contributed by atoms with Crippen molar-refractivity contribution in [3.05, 3.63) is 22.7 Å². The molecule has 1 atom stereocenters. The molecule has 0 amide bonds. The second kappa shape index (κ2) is 1.53. The van der Waals surface area contributed by atoms with Crippen molar-refractivity contribution in [2.24, 2.45) is 0 Å². The van der Waals surface area contributed by atoms with E-state index in [-0.39, 0.29) is 0 Å². The average Bonchev–Trinajstić information content (AvgIpc) is 2.57. The van der Waals surface area contributed by atoms with E-state index in [1.54, 1.807) is 11.1 Å². The third kappa shape index (κ3) is 0.675. The summed E-state index contributed by atoms with van der Waals surface area (Å²) >= 11 is 0. The molecular formula is C8H10B. The molecule has 1 aliphatic carbocycles. The van der Waals surface area contributed by atoms with Gasteiger partial charge in [0.25, 0.3) is 0 Å². The van der Waals surface area contributed by atoms with Crippen LogP contribution in [-0.4, -0.2) is 7.28 Å². The van der Waals surface area contributed by atoms with Gasteiger partial charge in [-0.15, -0.1) is 5.98 Å². The molecule has 0 aromatic carbocycles. The molecule has 0 saturated heterocycles. The number of hydrogen-bond acceptors (Lipinski definition) is 0. The molecule has 0 aromatic rings. The predicted octanol–water partition coefficient (Wildman–Crippen LogP) is 2.12. The van der Waals surface area contributed by atoms with Gasteiger partial charge in [0.15, 0.2) is 0 Å². The van der Waals surface area contributed by atoms with Crippen molar-refractivity contribution in [1.29, 1.82) is 0 Å². The average molecular weight is 117 g/mol. The molecule has 1 heteroatoms. The molecule has 0 saturated carbocycles. The van der Waals surface area contributed by atoms with Gasteiger partial charge < -0.3 is 0 Å². The minimum absolute atomic E-state index is 0.740. The van der Waals surface area contributed by atoms with Crippen LogP contribution >= 0.6 is 0 Å². The Morgan fingerprint density at radius 1 is 1.67 bits per heavy atom. The molecule has 0 N–H and O–H groups in total. The van der Waals surface area contributed by atoms with E-state index in [1.165, 1.54) is 12.0 Å². The molecule has 0 bridgehead atoms. The summed E-state index contributed by atoms with van der Waals surface area (Å²) in [7, 11) is 2.29. The Morgan fingerprint density at radius 3 is 3.11 bits per heavy atom. The Hall–Kier alpha value is -0.455. The van der Waals surface area contributed by atoms with Gasteiger partial charge >= 0.3 is 0 Å². The van der Waals surface area contributed by atoms with Crippen LogP contribution in [0.4, 0.5) is 0 Å². The molecule has 1 heterocycles. The molecular weight excluding hydrogens is 107 g/mol. The zero-order valence-corrected chi connectivity index (χ0v) is 5.94. The van der Waals surface area contributed by atoms with E-state index >= 15 is 0 Å². The summed E-state index contributed by atoms with van der Waals surface area (Å²) in [5.41, 5.74) is 4.79. The lowest BCUT2D eigenvalue weighted by Gasteiger charge is -2.04. The smallest absolute Gasteiger partial charge is 0.119 e. The highest BCUT2D eigenvalue weighted by Crippen LogP contribution is 2.46. The normalized spacial score (nSPS) is 30.9. The van der Waals surface area contributed by atoms with Crippen LogP contribution in [0.25, 0.3) is 0 Å². The second-order valence-electron chi connectivity index (χ2n) is 3.01. The van der Waals surface area contributed by atoms with E-state index in [0.717, 1.165) is 5.82 Å². The van der Waals surface area contributed by atoms with Crippen molar-refractivity contribution >= 4 is 7.28 Å². The summed E-state index contributed by atoms with van der Waals surface area (Å²) < 4.78 is 0. The van der Waals surface area contributed by atoms with Crippen LogP contribution in [0.5, 0.6) is 0 Å². The SMILES string of the molecule is CC1=C[B]C(C)C2=C1C2. The van der Waals surface area contributed by atoms with E-state index in [0.29, 0.717) is 0 Å². The largest absolute Gasteiger partial charge is 0.150 e. The summed E-state index contributed by atoms with van der Waals surface area (Å²) in [5.74, 6) is 2.99. The monoisotopic (exact) mass is 117 g/mol. The van der Waals surface area contributed by atoms with Gasteiger partial charge in [0.05, 0.1) is 0 Å². The number of hydrogen-bond donors (Lipinski definition) is 0. The van der Waals surface area contributed by atoms with Crippen molar-refractivity contribution in [2.75, 3.05) is 0 Å². The van der Waals surface area contributed by atoms with E-state index in [9.17, 15) is 0 Å². The summed E-state index contributed by atoms with van der Waals surface area (Å²) in [6.45, 7) is 4.47. The van der Waals surface area contributed by atoms with Crippen molar-refractivity contribution in [3.8, 4) is 0 Å². The van der Waals surface area contributed by atoms with Crippen LogP contribution in [0.15, 0.2) is 22.7 Å². The summed E-state index contributed by atoms with van der Waals surface area (Å²) in [5, 5.41) is 0. The third-order valence-corrected chi connectivity index (χ3v) is 2.29. The lowest BCUT2D eigenvalue weighted by Crippen LogP contribution is -1.97. The highest BCUT2D eigenvalue weighted by Gasteiger charge is 2.29. The van der Waals surface area contributed by atoms with Crippen molar-refractivity contribution < 1.29 is 0 Å². The lowest BCUT2D eigenvalue weighted by atomic mass is 9.62. The zero-order chi connectivity index (χ0) is 6.43. The Balaban J connectivity index is 2.30. The fourth-order valence-corrected chi connectivity index (χ4v) is 1.48. The molecule has 0 nitrogen and oxygen atoms in total. The van der Waals surface area contributed by atoms with Crippen LogP contribution < -0.4 is 0 Å². The first-order valence-electron chi connectivity index (χ1n) is 3.53. The molecule has 2 rings (SSSR count). The van der Waals surface area contributed by atoms with Gasteiger partial charge in [-0.05, 0) is 24.7 Å². The Kier molecular flexibility index (Phi) is 0.906. The maximum Gasteiger partial charge on any atom is 0.150 e. The minimum atomic E-state index is 0.740. The molecule has 1 unspecified atom stereocenters. The highest BCUT2D eigenvalue weighted by atomic mass is 14.3. The summed E-state index contributed by atoms with van der Waals surface area (Å²) in [6, 6.07) is 0. The van der Waals surface area contributed by atoms with E-state index in [1.807, 2.05) is 0 Å². The number of rotatable bonds is 0. The van der Waals surface area contributed by atoms with Gasteiger partial charge in [-0.25, -0.2) is 0 Å². The first kappa shape index (κ1) is 5.34. The first-order valence-corrected chi connectivity index (χ1v) is 3.53. The molecule has 1 radical (unpaired) electrons. The van der Waals surface area contributed by atoms with Crippen LogP contribution in [-0.2, 0) is 0 Å². The summed E-state index contributed by atoms with van der Waals surface area (Å²) in [6.07, 6.45) is 1.29. The van der Waals surface area contributed by atoms with Gasteiger partial charge in [0.1, 0.15) is 7.28 Å². The minimum Gasteiger partial charge on any atom is -0.119 e. The Bertz CT molecular complexity index is 211. The predicted molar refractivity (Wildman–Crippen MR) is 40.6 cm³/mol. The van der Waals surface area contributed by atoms with Gasteiger partial charge in [-0.2, -0.15) is 0 Å². The van der Waals surface area contributed by atoms with Crippen molar-refractivity contribution in [3.63, 3.8) is 0 Å². The van der Waals surface area contributed by atoms with Crippen molar-refractivity contribution in [1.82, 2.24) is 0 Å². The lowest BCUT2D eigenvalue weighted by molar-refractivity contribution is 1.12. The van der Waals surface area contributed by atoms with Crippen LogP contribution in [0.2, 0.25) is 5.82 Å². The third-order valence-electron chi connectivity index (χ3n) is 2.29. The van der Waals surface area contributed by atoms with Crippen molar-refractivity contribution in [2.45, 2.75) is 26.1 Å². The maximum absolute atomic E-state index is 2.29. The van der Waals surface area contributed by atoms with Gasteiger partial charge in [-0.1, -0.05) is 18.1 Å². The van der Waals surface area contributed by atoms with Crippen LogP contribution in [0, 0.1) is 0 Å². The fourth-order valence-electron chi connectivity index (χ4n) is 1.48. The molecule has 1 aliphatic heterocycles. The Morgan fingerprint density at radius 2 is 2.44 bits per heavy atom. The van der Waals surface area contributed by atoms with E-state index in [2.05, 4.69) is 27.1 Å². The maximum atomic E-state index is 2.29. The molecule has 0 fully saturated rings. The second-order valence-corrected chi connectivity index (χ2v) is 3.01. The summed E-state index contributed by atoms with van der Waals surface area (Å²) in [4.78, 5) is 0. The molecule has 9 heavy (non-hydrogen) atoms. The fraction of sp³-hybridized carbons (Fsp3) is 0.500. The molecule has 0 aromatic heterocycles. The van der Waals surface area contributed by atoms with Gasteiger partial charge in [0.2, 0.25) is 0 Å². The van der Waals surface area contributed by atoms with Gasteiger partial charge in [-0.3, -0.25) is 0 Å². The van der Waals surface area contributed by atoms with E-state index in [4.69, 9.17) is 0 Å². The zero-order valence-electron chi connectivity index (χ0n) is 5.94. The molecule has 2 aliphatic rings. The molecule has 0 spiro atoms. The standard InChI is InChI=1S/C8H10B/c1-5-4-9-6(2)8-3-7(5)8/h4,6H,3H2,1-2H3. The van der Waals surface area contributed by atoms with Gasteiger partial charge in [0, 0.05) is 0 Å². The van der Waals surface area contributed by atoms with Crippen LogP contribution in [0.3, 0.4) is 0 Å². The molecule has 45 valence electrons. The number of allylic oxidation sites excluding steroid dienone is 3. The highest BCUT2D eigenvalue weighted by molar-refractivity contribution is 6.46. The van der Waals surface area contributed by atoms with Crippen LogP contribution in [0.1, 0.15) is 20.3 Å². The quantitative estimate of drug-likeness (QED) is 0.426. The first-order chi connectivity index (χ1) is 4.29. The Labute approximate surface area is 56.9 Å². The van der Waals surface area contributed by atoms with E-state index < -0.39 is 0 Å².